The molecule has 3 aliphatic rings. The molecule has 0 saturated carbocycles. The van der Waals surface area contributed by atoms with Crippen LogP contribution in [-0.2, 0) is 15.3 Å². The average Bonchev–Trinajstić information content (AvgIpc) is 3.83. The number of aromatic nitrogens is 2. The van der Waals surface area contributed by atoms with Crippen LogP contribution in [0.1, 0.15) is 22.3 Å². The van der Waals surface area contributed by atoms with Gasteiger partial charge in [-0.15, -0.1) is 0 Å². The Labute approximate surface area is 318 Å². The van der Waals surface area contributed by atoms with Gasteiger partial charge in [-0.3, -0.25) is 4.57 Å². The molecule has 5 heteroatoms. The van der Waals surface area contributed by atoms with E-state index >= 15 is 0 Å². The van der Waals surface area contributed by atoms with E-state index in [1.807, 2.05) is 36.4 Å². The van der Waals surface area contributed by atoms with Crippen molar-refractivity contribution >= 4 is 20.9 Å². The number of hydrogen-bond donors (Lipinski definition) is 0. The van der Waals surface area contributed by atoms with Crippen LogP contribution in [0.2, 0.25) is 0 Å². The molecule has 1 aliphatic heterocycles. The standard InChI is InChI=1S/C50H30N2O2S/c53-55(54)45-25-13-8-20-38(45)48-46(55)29-28-41-47(48)37-19-7-10-22-40(37)50(41)39-21-9-6-18-35(39)33-16-4-5-17-34(33)36-27-26-31(30-42(36)50)49-51-43-23-11-12-24-44(43)52(49)32-14-2-1-3-15-32/h1-30H. The summed E-state index contributed by atoms with van der Waals surface area (Å²) in [5.74, 6) is 0.858. The predicted octanol–water partition coefficient (Wildman–Crippen LogP) is 11.5. The van der Waals surface area contributed by atoms with Gasteiger partial charge in [0.25, 0.3) is 0 Å². The Kier molecular flexibility index (Phi) is 6.06. The fourth-order valence-electron chi connectivity index (χ4n) is 9.88. The molecule has 0 saturated heterocycles. The lowest BCUT2D eigenvalue weighted by Crippen LogP contribution is -2.29. The number of fused-ring (bicyclic) bond motifs is 17. The minimum Gasteiger partial charge on any atom is -0.292 e. The van der Waals surface area contributed by atoms with Gasteiger partial charge in [0.2, 0.25) is 9.84 Å². The van der Waals surface area contributed by atoms with E-state index in [9.17, 15) is 8.42 Å². The van der Waals surface area contributed by atoms with Gasteiger partial charge in [0.1, 0.15) is 5.82 Å². The van der Waals surface area contributed by atoms with E-state index in [1.165, 1.54) is 5.56 Å². The molecule has 0 amide bonds. The summed E-state index contributed by atoms with van der Waals surface area (Å²) in [4.78, 5) is 6.05. The normalized spacial score (nSPS) is 16.4. The number of benzene rings is 8. The van der Waals surface area contributed by atoms with Gasteiger partial charge < -0.3 is 0 Å². The fraction of sp³-hybridized carbons (Fsp3) is 0.0200. The van der Waals surface area contributed by atoms with Crippen LogP contribution in [0.4, 0.5) is 0 Å². The molecule has 9 aromatic rings. The van der Waals surface area contributed by atoms with Crippen LogP contribution < -0.4 is 0 Å². The lowest BCUT2D eigenvalue weighted by Gasteiger charge is -2.35. The highest BCUT2D eigenvalue weighted by Crippen LogP contribution is 2.64. The first-order valence-corrected chi connectivity index (χ1v) is 20.0. The minimum absolute atomic E-state index is 0.369. The molecule has 55 heavy (non-hydrogen) atoms. The van der Waals surface area contributed by atoms with Crippen LogP contribution >= 0.6 is 0 Å². The van der Waals surface area contributed by atoms with Gasteiger partial charge in [-0.05, 0) is 98.1 Å². The van der Waals surface area contributed by atoms with Crippen molar-refractivity contribution in [3.05, 3.63) is 204 Å². The summed E-state index contributed by atoms with van der Waals surface area (Å²) >= 11 is 0. The van der Waals surface area contributed by atoms with Crippen molar-refractivity contribution in [2.75, 3.05) is 0 Å². The molecular weight excluding hydrogens is 693 g/mol. The molecule has 12 rings (SSSR count). The highest BCUT2D eigenvalue weighted by molar-refractivity contribution is 7.92. The Balaban J connectivity index is 1.26. The summed E-state index contributed by atoms with van der Waals surface area (Å²) in [7, 11) is -3.70. The van der Waals surface area contributed by atoms with E-state index in [0.29, 0.717) is 9.79 Å². The van der Waals surface area contributed by atoms with Gasteiger partial charge in [0, 0.05) is 22.4 Å². The SMILES string of the molecule is O=S1(=O)c2ccccc2-c2c1ccc1c2-c2ccccc2C12c1ccccc1-c1ccccc1-c1ccc(-c3nc4ccccc4n3-c3ccccc3)cc12. The van der Waals surface area contributed by atoms with Crippen molar-refractivity contribution in [3.8, 4) is 61.6 Å². The van der Waals surface area contributed by atoms with Crippen LogP contribution in [0.3, 0.4) is 0 Å². The molecule has 0 bridgehead atoms. The molecule has 1 aromatic heterocycles. The number of imidazole rings is 1. The number of hydrogen-bond acceptors (Lipinski definition) is 3. The summed E-state index contributed by atoms with van der Waals surface area (Å²) in [5.41, 5.74) is 15.9. The molecule has 1 spiro atoms. The van der Waals surface area contributed by atoms with Crippen molar-refractivity contribution in [1.82, 2.24) is 9.55 Å². The van der Waals surface area contributed by atoms with Crippen molar-refractivity contribution < 1.29 is 8.42 Å². The highest BCUT2D eigenvalue weighted by Gasteiger charge is 2.52. The average molecular weight is 723 g/mol. The second-order valence-electron chi connectivity index (χ2n) is 14.6. The molecular formula is C50H30N2O2S. The van der Waals surface area contributed by atoms with Crippen LogP contribution in [0.5, 0.6) is 0 Å². The molecule has 4 nitrogen and oxygen atoms in total. The molecule has 0 N–H and O–H groups in total. The zero-order chi connectivity index (χ0) is 36.5. The third-order valence-electron chi connectivity index (χ3n) is 12.0. The third-order valence-corrected chi connectivity index (χ3v) is 13.9. The largest absolute Gasteiger partial charge is 0.292 e. The van der Waals surface area contributed by atoms with Gasteiger partial charge in [-0.2, -0.15) is 0 Å². The predicted molar refractivity (Wildman–Crippen MR) is 219 cm³/mol. The summed E-state index contributed by atoms with van der Waals surface area (Å²) in [6.07, 6.45) is 0. The van der Waals surface area contributed by atoms with E-state index in [4.69, 9.17) is 4.98 Å². The Morgan fingerprint density at radius 3 is 1.82 bits per heavy atom. The Hall–Kier alpha value is -6.82. The number of sulfone groups is 1. The van der Waals surface area contributed by atoms with E-state index in [-0.39, 0.29) is 0 Å². The van der Waals surface area contributed by atoms with Crippen molar-refractivity contribution in [2.45, 2.75) is 15.2 Å². The van der Waals surface area contributed by atoms with E-state index in [1.54, 1.807) is 6.07 Å². The monoisotopic (exact) mass is 722 g/mol. The van der Waals surface area contributed by atoms with Gasteiger partial charge in [-0.1, -0.05) is 140 Å². The second kappa shape index (κ2) is 10.9. The summed E-state index contributed by atoms with van der Waals surface area (Å²) < 4.78 is 30.6. The van der Waals surface area contributed by atoms with Gasteiger partial charge in [0.15, 0.2) is 0 Å². The first-order valence-electron chi connectivity index (χ1n) is 18.6. The van der Waals surface area contributed by atoms with Crippen molar-refractivity contribution in [1.29, 1.82) is 0 Å². The highest BCUT2D eigenvalue weighted by atomic mass is 32.2. The molecule has 0 fully saturated rings. The Morgan fingerprint density at radius 2 is 1.04 bits per heavy atom. The zero-order valence-corrected chi connectivity index (χ0v) is 30.3. The summed E-state index contributed by atoms with van der Waals surface area (Å²) in [6.45, 7) is 0. The Bertz CT molecular complexity index is 3230. The topological polar surface area (TPSA) is 52.0 Å². The number of para-hydroxylation sites is 3. The van der Waals surface area contributed by atoms with Crippen LogP contribution in [0, 0.1) is 0 Å². The Morgan fingerprint density at radius 1 is 0.436 bits per heavy atom. The molecule has 258 valence electrons. The molecule has 0 radical (unpaired) electrons. The second-order valence-corrected chi connectivity index (χ2v) is 16.5. The van der Waals surface area contributed by atoms with Gasteiger partial charge >= 0.3 is 0 Å². The van der Waals surface area contributed by atoms with Crippen molar-refractivity contribution in [3.63, 3.8) is 0 Å². The third kappa shape index (κ3) is 3.85. The maximum Gasteiger partial charge on any atom is 0.207 e. The van der Waals surface area contributed by atoms with Crippen LogP contribution in [-0.4, -0.2) is 18.0 Å². The molecule has 2 aliphatic carbocycles. The molecule has 8 aromatic carbocycles. The summed E-state index contributed by atoms with van der Waals surface area (Å²) in [5, 5.41) is 0. The minimum atomic E-state index is -3.70. The van der Waals surface area contributed by atoms with E-state index in [2.05, 4.69) is 144 Å². The molecule has 1 atom stereocenters. The lowest BCUT2D eigenvalue weighted by molar-refractivity contribution is 0.598. The van der Waals surface area contributed by atoms with Crippen molar-refractivity contribution in [2.24, 2.45) is 0 Å². The van der Waals surface area contributed by atoms with E-state index in [0.717, 1.165) is 89.3 Å². The number of rotatable bonds is 2. The molecule has 1 unspecified atom stereocenters. The first kappa shape index (κ1) is 30.6. The van der Waals surface area contributed by atoms with Crippen LogP contribution in [0.25, 0.3) is 72.6 Å². The smallest absolute Gasteiger partial charge is 0.207 e. The number of nitrogens with zero attached hydrogens (tertiary/aromatic N) is 2. The lowest BCUT2D eigenvalue weighted by atomic mass is 9.65. The molecule has 2 heterocycles. The van der Waals surface area contributed by atoms with Crippen LogP contribution in [0.15, 0.2) is 192 Å². The van der Waals surface area contributed by atoms with Gasteiger partial charge in [-0.25, -0.2) is 13.4 Å². The quantitative estimate of drug-likeness (QED) is 0.178. The maximum absolute atomic E-state index is 14.2. The summed E-state index contributed by atoms with van der Waals surface area (Å²) in [6, 6.07) is 63.1. The van der Waals surface area contributed by atoms with Gasteiger partial charge in [0.05, 0.1) is 26.2 Å². The maximum atomic E-state index is 14.2. The van der Waals surface area contributed by atoms with E-state index < -0.39 is 15.3 Å². The zero-order valence-electron chi connectivity index (χ0n) is 29.4. The fourth-order valence-corrected chi connectivity index (χ4v) is 11.6. The first-order chi connectivity index (χ1) is 27.1.